The van der Waals surface area contributed by atoms with Crippen LogP contribution in [0.3, 0.4) is 0 Å². The molecule has 2 aromatic heterocycles. The van der Waals surface area contributed by atoms with Crippen LogP contribution in [0, 0.1) is 0 Å². The van der Waals surface area contributed by atoms with Crippen LogP contribution >= 0.6 is 0 Å². The third kappa shape index (κ3) is 3.75. The maximum absolute atomic E-state index is 5.51. The first-order chi connectivity index (χ1) is 12.8. The zero-order valence-corrected chi connectivity index (χ0v) is 15.0. The molecule has 6 heteroatoms. The molecule has 0 bridgehead atoms. The summed E-state index contributed by atoms with van der Waals surface area (Å²) in [6, 6.07) is 12.7. The van der Waals surface area contributed by atoms with Crippen molar-refractivity contribution in [3.63, 3.8) is 0 Å². The number of anilines is 1. The largest absolute Gasteiger partial charge is 0.356 e. The fourth-order valence-electron chi connectivity index (χ4n) is 3.50. The minimum absolute atomic E-state index is 0.541. The smallest absolute Gasteiger partial charge is 0.167 e. The molecule has 3 heterocycles. The number of hydrogen-bond acceptors (Lipinski definition) is 6. The third-order valence-corrected chi connectivity index (χ3v) is 4.99. The zero-order valence-electron chi connectivity index (χ0n) is 15.0. The van der Waals surface area contributed by atoms with Gasteiger partial charge in [-0.15, -0.1) is 0 Å². The number of piperidine rings is 1. The SMILES string of the molecule is CN(Cc1cc(-c2ccccc2)on1)C1CCN(c2cnccn2)CC1. The Bertz CT molecular complexity index is 812. The van der Waals surface area contributed by atoms with Crippen molar-refractivity contribution in [2.24, 2.45) is 0 Å². The Labute approximate surface area is 153 Å². The molecule has 4 rings (SSSR count). The summed E-state index contributed by atoms with van der Waals surface area (Å²) < 4.78 is 5.51. The van der Waals surface area contributed by atoms with Crippen molar-refractivity contribution < 1.29 is 4.52 Å². The predicted molar refractivity (Wildman–Crippen MR) is 101 cm³/mol. The molecule has 1 aliphatic rings. The van der Waals surface area contributed by atoms with Crippen molar-refractivity contribution in [3.8, 4) is 11.3 Å². The first-order valence-corrected chi connectivity index (χ1v) is 9.02. The summed E-state index contributed by atoms with van der Waals surface area (Å²) in [6.45, 7) is 2.80. The highest BCUT2D eigenvalue weighted by atomic mass is 16.5. The molecule has 0 atom stereocenters. The highest BCUT2D eigenvalue weighted by Gasteiger charge is 2.24. The Morgan fingerprint density at radius 3 is 2.69 bits per heavy atom. The molecule has 6 nitrogen and oxygen atoms in total. The van der Waals surface area contributed by atoms with Gasteiger partial charge in [0.05, 0.1) is 11.9 Å². The van der Waals surface area contributed by atoms with Crippen molar-refractivity contribution in [2.75, 3.05) is 25.0 Å². The van der Waals surface area contributed by atoms with Gasteiger partial charge < -0.3 is 9.42 Å². The van der Waals surface area contributed by atoms with E-state index in [0.29, 0.717) is 6.04 Å². The Hall–Kier alpha value is -2.73. The van der Waals surface area contributed by atoms with Gasteiger partial charge in [-0.1, -0.05) is 35.5 Å². The summed E-state index contributed by atoms with van der Waals surface area (Å²) in [5.74, 6) is 1.80. The molecule has 0 saturated carbocycles. The predicted octanol–water partition coefficient (Wildman–Crippen LogP) is 3.23. The minimum atomic E-state index is 0.541. The summed E-state index contributed by atoms with van der Waals surface area (Å²) in [6.07, 6.45) is 7.52. The van der Waals surface area contributed by atoms with Crippen molar-refractivity contribution in [1.82, 2.24) is 20.0 Å². The average molecular weight is 349 g/mol. The van der Waals surface area contributed by atoms with E-state index in [4.69, 9.17) is 4.52 Å². The normalized spacial score (nSPS) is 15.5. The maximum atomic E-state index is 5.51. The lowest BCUT2D eigenvalue weighted by molar-refractivity contribution is 0.195. The van der Waals surface area contributed by atoms with E-state index in [9.17, 15) is 0 Å². The molecule has 1 aliphatic heterocycles. The van der Waals surface area contributed by atoms with E-state index < -0.39 is 0 Å². The van der Waals surface area contributed by atoms with Crippen LogP contribution in [-0.2, 0) is 6.54 Å². The molecule has 0 spiro atoms. The zero-order chi connectivity index (χ0) is 17.8. The van der Waals surface area contributed by atoms with E-state index >= 15 is 0 Å². The van der Waals surface area contributed by atoms with Gasteiger partial charge in [-0.05, 0) is 19.9 Å². The average Bonchev–Trinajstić information content (AvgIpc) is 3.18. The van der Waals surface area contributed by atoms with Gasteiger partial charge in [-0.2, -0.15) is 0 Å². The maximum Gasteiger partial charge on any atom is 0.167 e. The molecular weight excluding hydrogens is 326 g/mol. The first-order valence-electron chi connectivity index (χ1n) is 9.02. The van der Waals surface area contributed by atoms with Crippen molar-refractivity contribution >= 4 is 5.82 Å². The van der Waals surface area contributed by atoms with Gasteiger partial charge >= 0.3 is 0 Å². The third-order valence-electron chi connectivity index (χ3n) is 4.99. The number of rotatable bonds is 5. The molecule has 1 aromatic carbocycles. The highest BCUT2D eigenvalue weighted by Crippen LogP contribution is 2.23. The minimum Gasteiger partial charge on any atom is -0.356 e. The fourth-order valence-corrected chi connectivity index (χ4v) is 3.50. The van der Waals surface area contributed by atoms with Gasteiger partial charge in [0.1, 0.15) is 5.82 Å². The van der Waals surface area contributed by atoms with E-state index in [-0.39, 0.29) is 0 Å². The number of benzene rings is 1. The summed E-state index contributed by atoms with van der Waals surface area (Å²) in [4.78, 5) is 13.2. The molecule has 0 unspecified atom stereocenters. The lowest BCUT2D eigenvalue weighted by Crippen LogP contribution is -2.43. The van der Waals surface area contributed by atoms with Crippen LogP contribution in [0.5, 0.6) is 0 Å². The topological polar surface area (TPSA) is 58.3 Å². The molecular formula is C20H23N5O. The van der Waals surface area contributed by atoms with Crippen LogP contribution in [0.15, 0.2) is 59.5 Å². The molecule has 26 heavy (non-hydrogen) atoms. The van der Waals surface area contributed by atoms with Gasteiger partial charge in [-0.25, -0.2) is 4.98 Å². The van der Waals surface area contributed by atoms with Gasteiger partial charge in [0.2, 0.25) is 0 Å². The van der Waals surface area contributed by atoms with Crippen LogP contribution in [0.2, 0.25) is 0 Å². The second-order valence-corrected chi connectivity index (χ2v) is 6.75. The van der Waals surface area contributed by atoms with Gasteiger partial charge in [0.15, 0.2) is 5.76 Å². The monoisotopic (exact) mass is 349 g/mol. The van der Waals surface area contributed by atoms with Gasteiger partial charge in [-0.3, -0.25) is 9.88 Å². The standard InChI is InChI=1S/C20H23N5O/c1-24(15-17-13-19(26-23-17)16-5-3-2-4-6-16)18-7-11-25(12-8-18)20-14-21-9-10-22-20/h2-6,9-10,13-14,18H,7-8,11-12,15H2,1H3. The second kappa shape index (κ2) is 7.66. The van der Waals surface area contributed by atoms with Crippen LogP contribution in [0.4, 0.5) is 5.82 Å². The lowest BCUT2D eigenvalue weighted by Gasteiger charge is -2.36. The lowest BCUT2D eigenvalue weighted by atomic mass is 10.0. The second-order valence-electron chi connectivity index (χ2n) is 6.75. The first kappa shape index (κ1) is 16.7. The van der Waals surface area contributed by atoms with Crippen molar-refractivity contribution in [1.29, 1.82) is 0 Å². The molecule has 0 aliphatic carbocycles. The molecule has 0 amide bonds. The number of hydrogen-bond donors (Lipinski definition) is 0. The molecule has 3 aromatic rings. The van der Waals surface area contributed by atoms with E-state index in [1.165, 1.54) is 0 Å². The number of nitrogens with zero attached hydrogens (tertiary/aromatic N) is 5. The van der Waals surface area contributed by atoms with Crippen LogP contribution in [0.25, 0.3) is 11.3 Å². The molecule has 0 N–H and O–H groups in total. The number of aromatic nitrogens is 3. The summed E-state index contributed by atoms with van der Waals surface area (Å²) in [7, 11) is 2.17. The fraction of sp³-hybridized carbons (Fsp3) is 0.350. The summed E-state index contributed by atoms with van der Waals surface area (Å²) in [5, 5.41) is 4.24. The molecule has 1 fully saturated rings. The summed E-state index contributed by atoms with van der Waals surface area (Å²) >= 11 is 0. The Morgan fingerprint density at radius 1 is 1.15 bits per heavy atom. The van der Waals surface area contributed by atoms with Crippen molar-refractivity contribution in [3.05, 3.63) is 60.7 Å². The van der Waals surface area contributed by atoms with Crippen molar-refractivity contribution in [2.45, 2.75) is 25.4 Å². The summed E-state index contributed by atoms with van der Waals surface area (Å²) in [5.41, 5.74) is 2.04. The molecule has 1 saturated heterocycles. The van der Waals surface area contributed by atoms with Crippen LogP contribution in [0.1, 0.15) is 18.5 Å². The van der Waals surface area contributed by atoms with E-state index in [1.54, 1.807) is 12.4 Å². The quantitative estimate of drug-likeness (QED) is 0.705. The molecule has 0 radical (unpaired) electrons. The van der Waals surface area contributed by atoms with Crippen LogP contribution < -0.4 is 4.90 Å². The Morgan fingerprint density at radius 2 is 1.96 bits per heavy atom. The van der Waals surface area contributed by atoms with E-state index in [2.05, 4.69) is 32.0 Å². The Balaban J connectivity index is 1.33. The van der Waals surface area contributed by atoms with Gasteiger partial charge in [0.25, 0.3) is 0 Å². The Kier molecular flexibility index (Phi) is 4.93. The molecule has 134 valence electrons. The van der Waals surface area contributed by atoms with Crippen LogP contribution in [-0.4, -0.2) is 46.2 Å². The highest BCUT2D eigenvalue weighted by molar-refractivity contribution is 5.56. The van der Waals surface area contributed by atoms with E-state index in [1.807, 2.05) is 42.6 Å². The van der Waals surface area contributed by atoms with Gasteiger partial charge in [0, 0.05) is 49.7 Å². The van der Waals surface area contributed by atoms with E-state index in [0.717, 1.165) is 55.3 Å².